The van der Waals surface area contributed by atoms with Crippen molar-refractivity contribution in [2.75, 3.05) is 29.9 Å². The molecule has 0 bridgehead atoms. The van der Waals surface area contributed by atoms with Crippen molar-refractivity contribution in [3.05, 3.63) is 95.4 Å². The second-order valence-corrected chi connectivity index (χ2v) is 14.0. The lowest BCUT2D eigenvalue weighted by atomic mass is 9.82. The van der Waals surface area contributed by atoms with Crippen molar-refractivity contribution in [2.24, 2.45) is 5.41 Å². The lowest BCUT2D eigenvalue weighted by Crippen LogP contribution is -2.39. The molecule has 1 aliphatic rings. The SMILES string of the molecule is Cc1nc(Nc2ccnc(F)c2)c(-c2ccc(OCCc3ccc(F)cc3)cc2)c(N2CCC(C)(C)CC2)c1[C@H](OC(C)(C)C)C(=O)O. The van der Waals surface area contributed by atoms with Gasteiger partial charge in [-0.05, 0) is 87.4 Å². The number of piperidine rings is 1. The Balaban J connectivity index is 1.63. The highest BCUT2D eigenvalue weighted by Crippen LogP contribution is 2.47. The number of carboxylic acids is 1. The van der Waals surface area contributed by atoms with Gasteiger partial charge in [-0.1, -0.05) is 38.1 Å². The minimum atomic E-state index is -1.29. The predicted octanol–water partition coefficient (Wildman–Crippen LogP) is 8.66. The normalized spacial score (nSPS) is 15.2. The van der Waals surface area contributed by atoms with Crippen LogP contribution in [0.25, 0.3) is 11.1 Å². The Morgan fingerprint density at radius 1 is 1.04 bits per heavy atom. The van der Waals surface area contributed by atoms with Crippen LogP contribution in [0, 0.1) is 24.1 Å². The first-order valence-corrected chi connectivity index (χ1v) is 16.3. The Labute approximate surface area is 281 Å². The van der Waals surface area contributed by atoms with Gasteiger partial charge in [0.15, 0.2) is 6.10 Å². The molecule has 0 unspecified atom stereocenters. The van der Waals surface area contributed by atoms with Crippen LogP contribution in [-0.2, 0) is 16.0 Å². The molecule has 254 valence electrons. The second-order valence-electron chi connectivity index (χ2n) is 14.0. The maximum atomic E-state index is 14.2. The van der Waals surface area contributed by atoms with Gasteiger partial charge in [0.05, 0.1) is 17.9 Å². The largest absolute Gasteiger partial charge is 0.493 e. The summed E-state index contributed by atoms with van der Waals surface area (Å²) >= 11 is 0. The van der Waals surface area contributed by atoms with E-state index in [-0.39, 0.29) is 11.2 Å². The third-order valence-electron chi connectivity index (χ3n) is 8.49. The van der Waals surface area contributed by atoms with E-state index >= 15 is 0 Å². The molecular weight excluding hydrogens is 614 g/mol. The highest BCUT2D eigenvalue weighted by Gasteiger charge is 2.37. The summed E-state index contributed by atoms with van der Waals surface area (Å²) in [4.78, 5) is 23.8. The minimum Gasteiger partial charge on any atom is -0.493 e. The zero-order valence-electron chi connectivity index (χ0n) is 28.4. The summed E-state index contributed by atoms with van der Waals surface area (Å²) in [7, 11) is 0. The number of hydrogen-bond donors (Lipinski definition) is 2. The molecule has 4 aromatic rings. The summed E-state index contributed by atoms with van der Waals surface area (Å²) in [6.45, 7) is 13.6. The Bertz CT molecular complexity index is 1730. The highest BCUT2D eigenvalue weighted by molar-refractivity contribution is 5.93. The number of hydrogen-bond acceptors (Lipinski definition) is 7. The smallest absolute Gasteiger partial charge is 0.337 e. The van der Waals surface area contributed by atoms with E-state index in [0.717, 1.165) is 29.7 Å². The van der Waals surface area contributed by atoms with Crippen LogP contribution >= 0.6 is 0 Å². The number of pyridine rings is 2. The zero-order chi connectivity index (χ0) is 34.6. The lowest BCUT2D eigenvalue weighted by Gasteiger charge is -2.41. The first kappa shape index (κ1) is 34.8. The van der Waals surface area contributed by atoms with Gasteiger partial charge in [-0.15, -0.1) is 0 Å². The van der Waals surface area contributed by atoms with Crippen molar-refractivity contribution in [3.8, 4) is 16.9 Å². The van der Waals surface area contributed by atoms with Gasteiger partial charge in [-0.2, -0.15) is 4.39 Å². The van der Waals surface area contributed by atoms with Crippen LogP contribution in [0.2, 0.25) is 0 Å². The van der Waals surface area contributed by atoms with Gasteiger partial charge in [0, 0.05) is 54.3 Å². The summed E-state index contributed by atoms with van der Waals surface area (Å²) in [6, 6.07) is 16.8. The number of carboxylic acid groups (broad SMARTS) is 1. The number of benzene rings is 2. The maximum absolute atomic E-state index is 14.2. The van der Waals surface area contributed by atoms with E-state index in [0.29, 0.717) is 60.2 Å². The van der Waals surface area contributed by atoms with Crippen LogP contribution in [0.15, 0.2) is 66.9 Å². The number of aryl methyl sites for hydroxylation is 1. The minimum absolute atomic E-state index is 0.134. The van der Waals surface area contributed by atoms with Crippen molar-refractivity contribution in [1.29, 1.82) is 0 Å². The number of carbonyl (C=O) groups is 1. The number of aromatic nitrogens is 2. The molecule has 2 N–H and O–H groups in total. The number of halogens is 2. The van der Waals surface area contributed by atoms with Crippen LogP contribution in [0.4, 0.5) is 26.0 Å². The first-order valence-electron chi connectivity index (χ1n) is 16.3. The van der Waals surface area contributed by atoms with E-state index in [1.807, 2.05) is 45.0 Å². The van der Waals surface area contributed by atoms with Crippen molar-refractivity contribution in [2.45, 2.75) is 72.5 Å². The molecule has 5 rings (SSSR count). The van der Waals surface area contributed by atoms with Gasteiger partial charge >= 0.3 is 5.97 Å². The number of aliphatic carboxylic acids is 1. The molecule has 0 radical (unpaired) electrons. The summed E-state index contributed by atoms with van der Waals surface area (Å²) in [5.41, 5.74) is 3.94. The average Bonchev–Trinajstić information content (AvgIpc) is 3.01. The Morgan fingerprint density at radius 3 is 2.31 bits per heavy atom. The van der Waals surface area contributed by atoms with Crippen LogP contribution in [-0.4, -0.2) is 46.3 Å². The Hall–Kier alpha value is -4.57. The van der Waals surface area contributed by atoms with Crippen molar-refractivity contribution >= 4 is 23.2 Å². The van der Waals surface area contributed by atoms with Gasteiger partial charge in [0.2, 0.25) is 5.95 Å². The predicted molar refractivity (Wildman–Crippen MR) is 184 cm³/mol. The molecule has 1 atom stereocenters. The molecule has 0 saturated carbocycles. The summed E-state index contributed by atoms with van der Waals surface area (Å²) in [6.07, 6.45) is 2.52. The molecule has 2 aromatic heterocycles. The molecule has 0 amide bonds. The standard InChI is InChI=1S/C38H44F2N4O4/c1-24-31(34(36(45)46)48-37(2,3)4)33(44-20-17-38(5,6)18-21-44)32(35(42-24)43-28-15-19-41-30(40)23-28)26-9-13-29(14-10-26)47-22-16-25-7-11-27(39)12-8-25/h7-15,19,23,34H,16-18,20-22H2,1-6H3,(H,45,46)(H,41,42,43)/t34-/m0/s1. The van der Waals surface area contributed by atoms with E-state index in [1.165, 1.54) is 24.4 Å². The fourth-order valence-electron chi connectivity index (χ4n) is 5.90. The first-order chi connectivity index (χ1) is 22.7. The van der Waals surface area contributed by atoms with E-state index < -0.39 is 23.6 Å². The number of nitrogens with zero attached hydrogens (tertiary/aromatic N) is 3. The quantitative estimate of drug-likeness (QED) is 0.155. The Morgan fingerprint density at radius 2 is 1.71 bits per heavy atom. The summed E-state index contributed by atoms with van der Waals surface area (Å²) < 4.78 is 39.8. The molecule has 1 saturated heterocycles. The molecule has 0 spiro atoms. The van der Waals surface area contributed by atoms with E-state index in [1.54, 1.807) is 25.1 Å². The molecule has 2 aromatic carbocycles. The van der Waals surface area contributed by atoms with E-state index in [9.17, 15) is 18.7 Å². The van der Waals surface area contributed by atoms with Gasteiger partial charge < -0.3 is 24.8 Å². The van der Waals surface area contributed by atoms with E-state index in [4.69, 9.17) is 14.5 Å². The second kappa shape index (κ2) is 14.3. The maximum Gasteiger partial charge on any atom is 0.337 e. The fraction of sp³-hybridized carbons (Fsp3) is 0.395. The van der Waals surface area contributed by atoms with Gasteiger partial charge in [0.25, 0.3) is 0 Å². The van der Waals surface area contributed by atoms with E-state index in [2.05, 4.69) is 29.0 Å². The van der Waals surface area contributed by atoms with Crippen LogP contribution in [0.3, 0.4) is 0 Å². The number of anilines is 3. The zero-order valence-corrected chi connectivity index (χ0v) is 28.4. The fourth-order valence-corrected chi connectivity index (χ4v) is 5.90. The molecule has 3 heterocycles. The van der Waals surface area contributed by atoms with Crippen LogP contribution in [0.5, 0.6) is 5.75 Å². The highest BCUT2D eigenvalue weighted by atomic mass is 19.1. The third kappa shape index (κ3) is 8.66. The molecule has 10 heteroatoms. The molecule has 48 heavy (non-hydrogen) atoms. The summed E-state index contributed by atoms with van der Waals surface area (Å²) in [5.74, 6) is -0.931. The molecule has 1 fully saturated rings. The van der Waals surface area contributed by atoms with Crippen molar-refractivity contribution in [1.82, 2.24) is 9.97 Å². The van der Waals surface area contributed by atoms with Crippen LogP contribution in [0.1, 0.15) is 70.4 Å². The molecular formula is C38H44F2N4O4. The summed E-state index contributed by atoms with van der Waals surface area (Å²) in [5, 5.41) is 13.9. The van der Waals surface area contributed by atoms with Crippen molar-refractivity contribution < 1.29 is 28.2 Å². The van der Waals surface area contributed by atoms with Gasteiger partial charge in [-0.25, -0.2) is 19.2 Å². The average molecular weight is 659 g/mol. The van der Waals surface area contributed by atoms with Gasteiger partial charge in [-0.3, -0.25) is 0 Å². The number of ether oxygens (including phenoxy) is 2. The topological polar surface area (TPSA) is 96.8 Å². The monoisotopic (exact) mass is 658 g/mol. The van der Waals surface area contributed by atoms with Crippen molar-refractivity contribution in [3.63, 3.8) is 0 Å². The third-order valence-corrected chi connectivity index (χ3v) is 8.49. The number of rotatable bonds is 11. The molecule has 1 aliphatic heterocycles. The number of nitrogens with one attached hydrogen (secondary N) is 1. The molecule has 0 aliphatic carbocycles. The van der Waals surface area contributed by atoms with Gasteiger partial charge in [0.1, 0.15) is 17.4 Å². The van der Waals surface area contributed by atoms with Crippen LogP contribution < -0.4 is 15.0 Å². The lowest BCUT2D eigenvalue weighted by molar-refractivity contribution is -0.160. The molecule has 8 nitrogen and oxygen atoms in total. The Kier molecular flexibility index (Phi) is 10.3.